The Balaban J connectivity index is 2.47. The van der Waals surface area contributed by atoms with Gasteiger partial charge in [-0.15, -0.1) is 0 Å². The lowest BCUT2D eigenvalue weighted by Crippen LogP contribution is -2.34. The van der Waals surface area contributed by atoms with Crippen molar-refractivity contribution in [3.63, 3.8) is 0 Å². The van der Waals surface area contributed by atoms with Crippen LogP contribution in [0.15, 0.2) is 24.4 Å². The van der Waals surface area contributed by atoms with Crippen molar-refractivity contribution in [1.29, 1.82) is 0 Å². The number of nitrogens with one attached hydrogen (secondary N) is 1. The van der Waals surface area contributed by atoms with Crippen molar-refractivity contribution in [1.82, 2.24) is 19.6 Å². The van der Waals surface area contributed by atoms with E-state index in [1.54, 1.807) is 15.5 Å². The number of nitrogens with zero attached hydrogens (tertiary/aromatic N) is 3. The quantitative estimate of drug-likeness (QED) is 0.849. The van der Waals surface area contributed by atoms with Crippen molar-refractivity contribution < 1.29 is 9.59 Å². The molecule has 0 aliphatic rings. The lowest BCUT2D eigenvalue weighted by atomic mass is 10.3. The lowest BCUT2D eigenvalue weighted by Gasteiger charge is -2.20. The Labute approximate surface area is 142 Å². The first kappa shape index (κ1) is 18.0. The summed E-state index contributed by atoms with van der Waals surface area (Å²) in [4.78, 5) is 31.5. The second-order valence-corrected chi connectivity index (χ2v) is 6.16. The fourth-order valence-corrected chi connectivity index (χ4v) is 2.68. The van der Waals surface area contributed by atoms with Crippen molar-refractivity contribution in [2.45, 2.75) is 46.6 Å². The summed E-state index contributed by atoms with van der Waals surface area (Å²) in [6.07, 6.45) is 3.54. The number of carbonyl (C=O) groups is 2. The molecule has 2 rings (SSSR count). The molecule has 2 aromatic rings. The van der Waals surface area contributed by atoms with E-state index in [4.69, 9.17) is 0 Å². The Morgan fingerprint density at radius 2 is 1.88 bits per heavy atom. The molecular weight excluding hydrogens is 304 g/mol. The molecule has 0 fully saturated rings. The molecule has 0 aliphatic carbocycles. The average Bonchev–Trinajstić information content (AvgIpc) is 2.93. The van der Waals surface area contributed by atoms with Crippen LogP contribution in [0.2, 0.25) is 0 Å². The number of rotatable bonds is 7. The molecule has 0 bridgehead atoms. The van der Waals surface area contributed by atoms with Gasteiger partial charge in [-0.05, 0) is 38.8 Å². The van der Waals surface area contributed by atoms with E-state index in [0.717, 1.165) is 12.8 Å². The number of amides is 2. The zero-order valence-electron chi connectivity index (χ0n) is 14.9. The summed E-state index contributed by atoms with van der Waals surface area (Å²) >= 11 is 0. The maximum Gasteiger partial charge on any atom is 0.290 e. The monoisotopic (exact) mass is 330 g/mol. The fraction of sp³-hybridized carbons (Fsp3) is 0.500. The van der Waals surface area contributed by atoms with Gasteiger partial charge >= 0.3 is 0 Å². The van der Waals surface area contributed by atoms with Crippen molar-refractivity contribution in [2.75, 3.05) is 13.1 Å². The molecule has 0 radical (unpaired) electrons. The summed E-state index contributed by atoms with van der Waals surface area (Å²) in [5.74, 6) is -0.102. The number of hydrogen-bond acceptors (Lipinski definition) is 3. The molecule has 0 atom stereocenters. The van der Waals surface area contributed by atoms with Gasteiger partial charge in [-0.25, -0.2) is 4.98 Å². The normalized spacial score (nSPS) is 11.0. The average molecular weight is 330 g/mol. The van der Waals surface area contributed by atoms with E-state index < -0.39 is 0 Å². The zero-order valence-corrected chi connectivity index (χ0v) is 14.9. The maximum atomic E-state index is 12.9. The molecule has 1 N–H and O–H groups in total. The van der Waals surface area contributed by atoms with Crippen molar-refractivity contribution in [3.8, 4) is 0 Å². The topological polar surface area (TPSA) is 66.7 Å². The van der Waals surface area contributed by atoms with Crippen LogP contribution in [0.1, 0.15) is 61.6 Å². The molecule has 24 heavy (non-hydrogen) atoms. The van der Waals surface area contributed by atoms with Crippen LogP contribution in [0, 0.1) is 0 Å². The highest BCUT2D eigenvalue weighted by molar-refractivity contribution is 6.02. The molecule has 130 valence electrons. The van der Waals surface area contributed by atoms with Crippen molar-refractivity contribution in [3.05, 3.63) is 35.9 Å². The smallest absolute Gasteiger partial charge is 0.290 e. The van der Waals surface area contributed by atoms with Crippen molar-refractivity contribution >= 4 is 17.3 Å². The second-order valence-electron chi connectivity index (χ2n) is 6.16. The summed E-state index contributed by atoms with van der Waals surface area (Å²) < 4.78 is 1.70. The number of imidazole rings is 1. The van der Waals surface area contributed by atoms with Crippen LogP contribution in [0.5, 0.6) is 0 Å². The minimum atomic E-state index is -0.259. The Hall–Kier alpha value is -2.37. The highest BCUT2D eigenvalue weighted by atomic mass is 16.2. The van der Waals surface area contributed by atoms with Gasteiger partial charge in [-0.1, -0.05) is 19.9 Å². The highest BCUT2D eigenvalue weighted by Crippen LogP contribution is 2.15. The van der Waals surface area contributed by atoms with Gasteiger partial charge in [0.2, 0.25) is 5.82 Å². The Morgan fingerprint density at radius 3 is 2.46 bits per heavy atom. The molecule has 2 heterocycles. The van der Waals surface area contributed by atoms with Crippen LogP contribution >= 0.6 is 0 Å². The predicted molar refractivity (Wildman–Crippen MR) is 94.3 cm³/mol. The van der Waals surface area contributed by atoms with Crippen LogP contribution in [-0.4, -0.2) is 45.2 Å². The van der Waals surface area contributed by atoms with Gasteiger partial charge in [0.05, 0.1) is 5.52 Å². The van der Waals surface area contributed by atoms with E-state index >= 15 is 0 Å². The maximum absolute atomic E-state index is 12.9. The number of hydrogen-bond donors (Lipinski definition) is 1. The van der Waals surface area contributed by atoms with Gasteiger partial charge in [0.25, 0.3) is 11.8 Å². The Kier molecular flexibility index (Phi) is 5.95. The first-order valence-electron chi connectivity index (χ1n) is 8.56. The van der Waals surface area contributed by atoms with Crippen LogP contribution in [-0.2, 0) is 0 Å². The summed E-state index contributed by atoms with van der Waals surface area (Å²) in [5.41, 5.74) is 0.938. The third-order valence-corrected chi connectivity index (χ3v) is 3.65. The summed E-state index contributed by atoms with van der Waals surface area (Å²) in [7, 11) is 0. The molecule has 2 amide bonds. The van der Waals surface area contributed by atoms with Crippen LogP contribution in [0.25, 0.3) is 5.52 Å². The van der Waals surface area contributed by atoms with E-state index in [1.165, 1.54) is 0 Å². The molecule has 6 heteroatoms. The van der Waals surface area contributed by atoms with Gasteiger partial charge in [-0.2, -0.15) is 0 Å². The third-order valence-electron chi connectivity index (χ3n) is 3.65. The molecule has 0 saturated heterocycles. The van der Waals surface area contributed by atoms with Crippen molar-refractivity contribution in [2.24, 2.45) is 0 Å². The summed E-state index contributed by atoms with van der Waals surface area (Å²) in [6, 6.07) is 5.49. The standard InChI is InChI=1S/C18H26N4O2/c1-5-10-21(11-6-2)18(24)16-20-15(17(23)19-13(3)4)14-9-7-8-12-22(14)16/h7-9,12-13H,5-6,10-11H2,1-4H3,(H,19,23). The van der Waals surface area contributed by atoms with E-state index in [9.17, 15) is 9.59 Å². The molecule has 2 aromatic heterocycles. The first-order valence-corrected chi connectivity index (χ1v) is 8.56. The molecule has 0 saturated carbocycles. The number of fused-ring (bicyclic) bond motifs is 1. The number of aromatic nitrogens is 2. The summed E-state index contributed by atoms with van der Waals surface area (Å²) in [5, 5.41) is 2.84. The third kappa shape index (κ3) is 3.75. The van der Waals surface area contributed by atoms with Crippen LogP contribution < -0.4 is 5.32 Å². The molecule has 0 aliphatic heterocycles. The van der Waals surface area contributed by atoms with Crippen LogP contribution in [0.3, 0.4) is 0 Å². The van der Waals surface area contributed by atoms with Gasteiger partial charge in [0.1, 0.15) is 0 Å². The predicted octanol–water partition coefficient (Wildman–Crippen LogP) is 2.73. The van der Waals surface area contributed by atoms with Gasteiger partial charge < -0.3 is 10.2 Å². The van der Waals surface area contributed by atoms with E-state index in [1.807, 2.05) is 45.9 Å². The SMILES string of the molecule is CCCN(CCC)C(=O)c1nc(C(=O)NC(C)C)c2ccccn12. The zero-order chi connectivity index (χ0) is 17.7. The van der Waals surface area contributed by atoms with Gasteiger partial charge in [0.15, 0.2) is 5.69 Å². The molecule has 6 nitrogen and oxygen atoms in total. The number of carbonyl (C=O) groups excluding carboxylic acids is 2. The molecule has 0 spiro atoms. The largest absolute Gasteiger partial charge is 0.348 e. The van der Waals surface area contributed by atoms with E-state index in [2.05, 4.69) is 10.3 Å². The highest BCUT2D eigenvalue weighted by Gasteiger charge is 2.24. The minimum absolute atomic E-state index is 0.00814. The molecule has 0 unspecified atom stereocenters. The van der Waals surface area contributed by atoms with Crippen LogP contribution in [0.4, 0.5) is 0 Å². The lowest BCUT2D eigenvalue weighted by molar-refractivity contribution is 0.0742. The minimum Gasteiger partial charge on any atom is -0.348 e. The van der Waals surface area contributed by atoms with E-state index in [-0.39, 0.29) is 17.9 Å². The molecule has 0 aromatic carbocycles. The van der Waals surface area contributed by atoms with Gasteiger partial charge in [-0.3, -0.25) is 14.0 Å². The second kappa shape index (κ2) is 7.95. The summed E-state index contributed by atoms with van der Waals surface area (Å²) in [6.45, 7) is 9.24. The van der Waals surface area contributed by atoms with E-state index in [0.29, 0.717) is 30.1 Å². The number of pyridine rings is 1. The Bertz CT molecular complexity index is 715. The first-order chi connectivity index (χ1) is 11.5. The molecular formula is C18H26N4O2. The fourth-order valence-electron chi connectivity index (χ4n) is 2.68. The van der Waals surface area contributed by atoms with Gasteiger partial charge in [0, 0.05) is 25.3 Å². The Morgan fingerprint density at radius 1 is 1.21 bits per heavy atom.